The minimum absolute atomic E-state index is 0.267. The van der Waals surface area contributed by atoms with Crippen LogP contribution < -0.4 is 10.2 Å². The van der Waals surface area contributed by atoms with E-state index in [-0.39, 0.29) is 5.91 Å². The van der Waals surface area contributed by atoms with Crippen LogP contribution in [0, 0.1) is 11.3 Å². The fraction of sp³-hybridized carbons (Fsp3) is 0.222. The van der Waals surface area contributed by atoms with Crippen LogP contribution in [0.5, 0.6) is 0 Å². The summed E-state index contributed by atoms with van der Waals surface area (Å²) in [6.07, 6.45) is 0. The molecule has 0 unspecified atom stereocenters. The second-order valence-corrected chi connectivity index (χ2v) is 4.80. The van der Waals surface area contributed by atoms with E-state index in [0.29, 0.717) is 16.8 Å². The van der Waals surface area contributed by atoms with Gasteiger partial charge in [-0.15, -0.1) is 0 Å². The monoisotopic (exact) mass is 293 g/mol. The van der Waals surface area contributed by atoms with Gasteiger partial charge in [-0.3, -0.25) is 4.79 Å². The van der Waals surface area contributed by atoms with Gasteiger partial charge in [-0.05, 0) is 38.1 Å². The first-order valence-electron chi connectivity index (χ1n) is 7.35. The van der Waals surface area contributed by atoms with Crippen molar-refractivity contribution in [2.75, 3.05) is 23.3 Å². The molecular formula is C18H19N3O. The Morgan fingerprint density at radius 2 is 1.77 bits per heavy atom. The lowest BCUT2D eigenvalue weighted by molar-refractivity contribution is 0.102. The van der Waals surface area contributed by atoms with Gasteiger partial charge in [0, 0.05) is 18.8 Å². The molecule has 4 nitrogen and oxygen atoms in total. The standard InChI is InChI=1S/C18H19N3O/c1-3-21(4-2)17-12-8-11-15(16(17)13-19)18(22)20-14-9-6-5-7-10-14/h5-12H,3-4H2,1-2H3,(H,20,22). The van der Waals surface area contributed by atoms with Gasteiger partial charge in [0.2, 0.25) is 0 Å². The van der Waals surface area contributed by atoms with Crippen molar-refractivity contribution in [1.29, 1.82) is 5.26 Å². The van der Waals surface area contributed by atoms with Crippen molar-refractivity contribution in [2.24, 2.45) is 0 Å². The number of nitrogens with zero attached hydrogens (tertiary/aromatic N) is 2. The van der Waals surface area contributed by atoms with E-state index < -0.39 is 0 Å². The molecule has 0 aromatic heterocycles. The van der Waals surface area contributed by atoms with Crippen molar-refractivity contribution >= 4 is 17.3 Å². The number of nitriles is 1. The fourth-order valence-electron chi connectivity index (χ4n) is 2.39. The summed E-state index contributed by atoms with van der Waals surface area (Å²) < 4.78 is 0. The van der Waals surface area contributed by atoms with Crippen LogP contribution >= 0.6 is 0 Å². The van der Waals surface area contributed by atoms with Crippen LogP contribution in [0.3, 0.4) is 0 Å². The summed E-state index contributed by atoms with van der Waals surface area (Å²) in [6, 6.07) is 16.8. The van der Waals surface area contributed by atoms with Crippen molar-refractivity contribution in [3.8, 4) is 6.07 Å². The van der Waals surface area contributed by atoms with Crippen molar-refractivity contribution in [3.05, 3.63) is 59.7 Å². The molecule has 2 rings (SSSR count). The Bertz CT molecular complexity index is 685. The predicted molar refractivity (Wildman–Crippen MR) is 89.1 cm³/mol. The number of carbonyl (C=O) groups is 1. The average Bonchev–Trinajstić information content (AvgIpc) is 2.56. The second-order valence-electron chi connectivity index (χ2n) is 4.80. The summed E-state index contributed by atoms with van der Waals surface area (Å²) >= 11 is 0. The molecule has 22 heavy (non-hydrogen) atoms. The van der Waals surface area contributed by atoms with Crippen LogP contribution in [-0.2, 0) is 0 Å². The molecule has 0 fully saturated rings. The number of rotatable bonds is 5. The van der Waals surface area contributed by atoms with Crippen LogP contribution in [0.4, 0.5) is 11.4 Å². The minimum atomic E-state index is -0.267. The predicted octanol–water partition coefficient (Wildman–Crippen LogP) is 3.66. The normalized spacial score (nSPS) is 9.86. The molecule has 0 saturated heterocycles. The van der Waals surface area contributed by atoms with Gasteiger partial charge < -0.3 is 10.2 Å². The SMILES string of the molecule is CCN(CC)c1cccc(C(=O)Nc2ccccc2)c1C#N. The summed E-state index contributed by atoms with van der Waals surface area (Å²) in [5, 5.41) is 12.3. The van der Waals surface area contributed by atoms with Gasteiger partial charge in [0.1, 0.15) is 6.07 Å². The number of anilines is 2. The lowest BCUT2D eigenvalue weighted by atomic mass is 10.0. The lowest BCUT2D eigenvalue weighted by Gasteiger charge is -2.23. The maximum Gasteiger partial charge on any atom is 0.257 e. The molecular weight excluding hydrogens is 274 g/mol. The Morgan fingerprint density at radius 1 is 1.09 bits per heavy atom. The summed E-state index contributed by atoms with van der Waals surface area (Å²) in [7, 11) is 0. The van der Waals surface area contributed by atoms with E-state index in [2.05, 4.69) is 16.3 Å². The molecule has 4 heteroatoms. The van der Waals surface area contributed by atoms with E-state index in [1.807, 2.05) is 56.3 Å². The fourth-order valence-corrected chi connectivity index (χ4v) is 2.39. The number of nitrogens with one attached hydrogen (secondary N) is 1. The first kappa shape index (κ1) is 15.6. The molecule has 1 amide bonds. The van der Waals surface area contributed by atoms with Crippen LogP contribution in [-0.4, -0.2) is 19.0 Å². The highest BCUT2D eigenvalue weighted by Crippen LogP contribution is 2.24. The molecule has 0 aliphatic carbocycles. The molecule has 1 N–H and O–H groups in total. The highest BCUT2D eigenvalue weighted by atomic mass is 16.1. The van der Waals surface area contributed by atoms with Crippen LogP contribution in [0.15, 0.2) is 48.5 Å². The van der Waals surface area contributed by atoms with Gasteiger partial charge in [-0.1, -0.05) is 24.3 Å². The van der Waals surface area contributed by atoms with Gasteiger partial charge in [-0.2, -0.15) is 5.26 Å². The van der Waals surface area contributed by atoms with E-state index in [0.717, 1.165) is 18.8 Å². The third kappa shape index (κ3) is 3.26. The smallest absolute Gasteiger partial charge is 0.257 e. The van der Waals surface area contributed by atoms with Crippen molar-refractivity contribution in [2.45, 2.75) is 13.8 Å². The van der Waals surface area contributed by atoms with Crippen LogP contribution in [0.1, 0.15) is 29.8 Å². The van der Waals surface area contributed by atoms with E-state index in [1.54, 1.807) is 6.07 Å². The van der Waals surface area contributed by atoms with E-state index in [4.69, 9.17) is 0 Å². The molecule has 0 radical (unpaired) electrons. The number of amides is 1. The molecule has 112 valence electrons. The van der Waals surface area contributed by atoms with Gasteiger partial charge in [0.25, 0.3) is 5.91 Å². The van der Waals surface area contributed by atoms with E-state index >= 15 is 0 Å². The zero-order valence-electron chi connectivity index (χ0n) is 12.8. The summed E-state index contributed by atoms with van der Waals surface area (Å²) in [5.74, 6) is -0.267. The molecule has 0 bridgehead atoms. The number of hydrogen-bond acceptors (Lipinski definition) is 3. The largest absolute Gasteiger partial charge is 0.371 e. The van der Waals surface area contributed by atoms with Crippen LogP contribution in [0.2, 0.25) is 0 Å². The molecule has 2 aromatic rings. The molecule has 2 aromatic carbocycles. The van der Waals surface area contributed by atoms with Crippen molar-refractivity contribution < 1.29 is 4.79 Å². The van der Waals surface area contributed by atoms with Gasteiger partial charge >= 0.3 is 0 Å². The average molecular weight is 293 g/mol. The second kappa shape index (κ2) is 7.28. The third-order valence-corrected chi connectivity index (χ3v) is 3.53. The maximum atomic E-state index is 12.5. The van der Waals surface area contributed by atoms with E-state index in [9.17, 15) is 10.1 Å². The summed E-state index contributed by atoms with van der Waals surface area (Å²) in [5.41, 5.74) is 2.33. The molecule has 0 atom stereocenters. The van der Waals surface area contributed by atoms with E-state index in [1.165, 1.54) is 0 Å². The molecule has 0 saturated carbocycles. The maximum absolute atomic E-state index is 12.5. The highest BCUT2D eigenvalue weighted by Gasteiger charge is 2.17. The summed E-state index contributed by atoms with van der Waals surface area (Å²) in [6.45, 7) is 5.63. The van der Waals surface area contributed by atoms with Crippen LogP contribution in [0.25, 0.3) is 0 Å². The topological polar surface area (TPSA) is 56.1 Å². The van der Waals surface area contributed by atoms with Crippen molar-refractivity contribution in [1.82, 2.24) is 0 Å². The zero-order chi connectivity index (χ0) is 15.9. The number of benzene rings is 2. The number of carbonyl (C=O) groups excluding carboxylic acids is 1. The molecule has 0 spiro atoms. The Hall–Kier alpha value is -2.80. The van der Waals surface area contributed by atoms with Gasteiger partial charge in [0.05, 0.1) is 16.8 Å². The molecule has 0 aliphatic heterocycles. The number of para-hydroxylation sites is 1. The Balaban J connectivity index is 2.37. The first-order chi connectivity index (χ1) is 10.7. The number of hydrogen-bond donors (Lipinski definition) is 1. The molecule has 0 heterocycles. The quantitative estimate of drug-likeness (QED) is 0.915. The Kier molecular flexibility index (Phi) is 5.16. The highest BCUT2D eigenvalue weighted by molar-refractivity contribution is 6.07. The Labute approximate surface area is 131 Å². The third-order valence-electron chi connectivity index (χ3n) is 3.53. The zero-order valence-corrected chi connectivity index (χ0v) is 12.8. The van der Waals surface area contributed by atoms with Crippen molar-refractivity contribution in [3.63, 3.8) is 0 Å². The minimum Gasteiger partial charge on any atom is -0.371 e. The molecule has 0 aliphatic rings. The van der Waals surface area contributed by atoms with Gasteiger partial charge in [0.15, 0.2) is 0 Å². The first-order valence-corrected chi connectivity index (χ1v) is 7.35. The van der Waals surface area contributed by atoms with Gasteiger partial charge in [-0.25, -0.2) is 0 Å². The lowest BCUT2D eigenvalue weighted by Crippen LogP contribution is -2.24. The summed E-state index contributed by atoms with van der Waals surface area (Å²) in [4.78, 5) is 14.5. The Morgan fingerprint density at radius 3 is 2.36 bits per heavy atom.